The Morgan fingerprint density at radius 2 is 1.70 bits per heavy atom. The summed E-state index contributed by atoms with van der Waals surface area (Å²) in [7, 11) is -4.65. The predicted octanol–water partition coefficient (Wildman–Crippen LogP) is 6.03. The van der Waals surface area contributed by atoms with Gasteiger partial charge in [-0.25, -0.2) is 17.6 Å². The van der Waals surface area contributed by atoms with Gasteiger partial charge in [0.1, 0.15) is 15.9 Å². The summed E-state index contributed by atoms with van der Waals surface area (Å²) in [6.45, 7) is 3.95. The van der Waals surface area contributed by atoms with E-state index in [1.807, 2.05) is 13.8 Å². The molecule has 2 bridgehead atoms. The number of esters is 1. The molecule has 0 N–H and O–H groups in total. The molecule has 4 aliphatic carbocycles. The summed E-state index contributed by atoms with van der Waals surface area (Å²) < 4.78 is 68.3. The summed E-state index contributed by atoms with van der Waals surface area (Å²) >= 11 is 0. The molecule has 6 rings (SSSR count). The third kappa shape index (κ3) is 5.16. The van der Waals surface area contributed by atoms with Gasteiger partial charge in [0, 0.05) is 5.92 Å². The van der Waals surface area contributed by atoms with Gasteiger partial charge < -0.3 is 18.8 Å². The Bertz CT molecular complexity index is 1400. The normalized spacial score (nSPS) is 27.9. The van der Waals surface area contributed by atoms with E-state index in [0.29, 0.717) is 29.9 Å². The average molecular weight is 572 g/mol. The quantitative estimate of drug-likeness (QED) is 0.165. The number of fused-ring (bicyclic) bond motifs is 6. The van der Waals surface area contributed by atoms with Crippen LogP contribution < -0.4 is 9.47 Å². The van der Waals surface area contributed by atoms with Gasteiger partial charge in [-0.1, -0.05) is 20.3 Å². The zero-order chi connectivity index (χ0) is 28.2. The van der Waals surface area contributed by atoms with Gasteiger partial charge in [0.25, 0.3) is 0 Å². The van der Waals surface area contributed by atoms with E-state index in [0.717, 1.165) is 37.0 Å². The maximum absolute atomic E-state index is 14.9. The van der Waals surface area contributed by atoms with Gasteiger partial charge in [-0.2, -0.15) is 0 Å². The van der Waals surface area contributed by atoms with Crippen molar-refractivity contribution >= 4 is 16.1 Å². The first-order valence-electron chi connectivity index (χ1n) is 14.5. The van der Waals surface area contributed by atoms with Crippen molar-refractivity contribution < 1.29 is 36.4 Å². The van der Waals surface area contributed by atoms with Crippen LogP contribution in [-0.4, -0.2) is 31.3 Å². The number of carbonyl (C=O) groups excluding carboxylic acids is 1. The van der Waals surface area contributed by atoms with Gasteiger partial charge in [-0.15, -0.1) is 0 Å². The molecule has 2 aromatic carbocycles. The molecule has 6 atom stereocenters. The second kappa shape index (κ2) is 10.7. The van der Waals surface area contributed by atoms with Crippen LogP contribution in [0.15, 0.2) is 35.2 Å². The molecule has 4 aliphatic rings. The van der Waals surface area contributed by atoms with E-state index >= 15 is 0 Å². The number of rotatable bonds is 8. The van der Waals surface area contributed by atoms with E-state index in [9.17, 15) is 22.2 Å². The summed E-state index contributed by atoms with van der Waals surface area (Å²) in [6, 6.07) is 6.37. The first kappa shape index (κ1) is 27.7. The van der Waals surface area contributed by atoms with Crippen LogP contribution in [0.4, 0.5) is 4.39 Å². The molecule has 0 spiro atoms. The smallest absolute Gasteiger partial charge is 0.343 e. The predicted molar refractivity (Wildman–Crippen MR) is 144 cm³/mol. The third-order valence-corrected chi connectivity index (χ3v) is 10.5. The molecule has 7 nitrogen and oxygen atoms in total. The molecule has 0 radical (unpaired) electrons. The summed E-state index contributed by atoms with van der Waals surface area (Å²) in [4.78, 5) is 12.9. The van der Waals surface area contributed by atoms with Crippen molar-refractivity contribution in [3.8, 4) is 11.5 Å². The van der Waals surface area contributed by atoms with Crippen molar-refractivity contribution in [3.63, 3.8) is 0 Å². The number of benzene rings is 2. The fraction of sp³-hybridized carbons (Fsp3) is 0.581. The van der Waals surface area contributed by atoms with Crippen LogP contribution in [0.3, 0.4) is 0 Å². The van der Waals surface area contributed by atoms with Gasteiger partial charge in [0.15, 0.2) is 11.6 Å². The largest absolute Gasteiger partial charge is 0.744 e. The highest BCUT2D eigenvalue weighted by atomic mass is 32.2. The van der Waals surface area contributed by atoms with E-state index in [1.54, 1.807) is 0 Å². The molecular formula is C31H36FO7S-. The molecule has 9 heteroatoms. The Balaban J connectivity index is 1.19. The maximum atomic E-state index is 14.9. The van der Waals surface area contributed by atoms with Crippen LogP contribution in [0.25, 0.3) is 0 Å². The Morgan fingerprint density at radius 3 is 2.45 bits per heavy atom. The summed E-state index contributed by atoms with van der Waals surface area (Å²) in [5.41, 5.74) is 1.06. The number of ether oxygens (including phenoxy) is 3. The van der Waals surface area contributed by atoms with Gasteiger partial charge in [0.2, 0.25) is 6.29 Å². The molecule has 2 aromatic rings. The minimum atomic E-state index is -4.65. The minimum absolute atomic E-state index is 0.0316. The molecule has 216 valence electrons. The maximum Gasteiger partial charge on any atom is 0.343 e. The van der Waals surface area contributed by atoms with Crippen molar-refractivity contribution in [2.24, 2.45) is 29.6 Å². The van der Waals surface area contributed by atoms with Crippen molar-refractivity contribution in [3.05, 3.63) is 52.8 Å². The SMILES string of the molecule is CC(C)C(Oc1cc(C(=O)Oc2ccc(S(=O)(=O)[O-])c3c2CCCC3)ccc1F)OC1CC2CC1C1CCCC21. The molecular weight excluding hydrogens is 535 g/mol. The molecule has 0 amide bonds. The Hall–Kier alpha value is -2.49. The van der Waals surface area contributed by atoms with E-state index in [2.05, 4.69) is 0 Å². The zero-order valence-electron chi connectivity index (χ0n) is 22.9. The highest BCUT2D eigenvalue weighted by Crippen LogP contribution is 2.59. The fourth-order valence-electron chi connectivity index (χ4n) is 7.79. The van der Waals surface area contributed by atoms with Crippen LogP contribution in [0.5, 0.6) is 11.5 Å². The van der Waals surface area contributed by atoms with Gasteiger partial charge in [-0.05, 0) is 116 Å². The average Bonchev–Trinajstić information content (AvgIpc) is 3.63. The summed E-state index contributed by atoms with van der Waals surface area (Å²) in [5, 5.41) is 0. The van der Waals surface area contributed by atoms with Crippen LogP contribution in [0.2, 0.25) is 0 Å². The van der Waals surface area contributed by atoms with Crippen LogP contribution in [0.1, 0.15) is 80.3 Å². The molecule has 0 heterocycles. The monoisotopic (exact) mass is 571 g/mol. The van der Waals surface area contributed by atoms with Gasteiger partial charge in [0.05, 0.1) is 16.6 Å². The minimum Gasteiger partial charge on any atom is -0.744 e. The number of carbonyl (C=O) groups is 1. The first-order valence-corrected chi connectivity index (χ1v) is 16.0. The standard InChI is InChI=1S/C31H37FO7S/c1-17(2)31(38-27-16-19-14-24(27)21-9-5-8-20(19)21)39-28-15-18(10-11-25(28)32)30(33)37-26-12-13-29(40(34,35)36)23-7-4-3-6-22(23)26/h10-13,15,17,19-21,24,27,31H,3-9,14,16H2,1-2H3,(H,34,35,36)/p-1. The number of hydrogen-bond acceptors (Lipinski definition) is 7. The zero-order valence-corrected chi connectivity index (χ0v) is 23.8. The van der Waals surface area contributed by atoms with Crippen LogP contribution in [0, 0.1) is 35.4 Å². The topological polar surface area (TPSA) is 102 Å². The van der Waals surface area contributed by atoms with E-state index < -0.39 is 28.2 Å². The van der Waals surface area contributed by atoms with E-state index in [1.165, 1.54) is 56.0 Å². The highest BCUT2D eigenvalue weighted by Gasteiger charge is 2.54. The Labute approximate surface area is 235 Å². The fourth-order valence-corrected chi connectivity index (χ4v) is 8.55. The molecule has 6 unspecified atom stereocenters. The summed E-state index contributed by atoms with van der Waals surface area (Å²) in [5.74, 6) is 1.62. The molecule has 3 saturated carbocycles. The molecule has 0 aliphatic heterocycles. The van der Waals surface area contributed by atoms with Crippen molar-refractivity contribution in [2.75, 3.05) is 0 Å². The van der Waals surface area contributed by atoms with Crippen LogP contribution in [-0.2, 0) is 27.7 Å². The second-order valence-electron chi connectivity index (χ2n) is 12.3. The molecule has 0 saturated heterocycles. The van der Waals surface area contributed by atoms with Crippen molar-refractivity contribution in [1.82, 2.24) is 0 Å². The van der Waals surface area contributed by atoms with Crippen molar-refractivity contribution in [2.45, 2.75) is 88.9 Å². The lowest BCUT2D eigenvalue weighted by Crippen LogP contribution is -2.37. The lowest BCUT2D eigenvalue weighted by Gasteiger charge is -2.35. The van der Waals surface area contributed by atoms with Crippen molar-refractivity contribution in [1.29, 1.82) is 0 Å². The Morgan fingerprint density at radius 1 is 0.950 bits per heavy atom. The van der Waals surface area contributed by atoms with E-state index in [-0.39, 0.29) is 34.0 Å². The van der Waals surface area contributed by atoms with E-state index in [4.69, 9.17) is 14.2 Å². The number of hydrogen-bond donors (Lipinski definition) is 0. The lowest BCUT2D eigenvalue weighted by molar-refractivity contribution is -0.163. The lowest BCUT2D eigenvalue weighted by atomic mass is 9.80. The van der Waals surface area contributed by atoms with Crippen LogP contribution >= 0.6 is 0 Å². The highest BCUT2D eigenvalue weighted by molar-refractivity contribution is 7.85. The summed E-state index contributed by atoms with van der Waals surface area (Å²) in [6.07, 6.45) is 8.07. The molecule has 3 fully saturated rings. The van der Waals surface area contributed by atoms with Gasteiger partial charge in [-0.3, -0.25) is 0 Å². The third-order valence-electron chi connectivity index (χ3n) is 9.55. The van der Waals surface area contributed by atoms with Gasteiger partial charge >= 0.3 is 5.97 Å². The second-order valence-corrected chi connectivity index (χ2v) is 13.6. The molecule has 0 aromatic heterocycles. The Kier molecular flexibility index (Phi) is 7.42. The number of halogens is 1. The first-order chi connectivity index (χ1) is 19.1. The molecule has 40 heavy (non-hydrogen) atoms.